The standard InChI is InChI=1S/C19H30N2/c1-15-5-7-16(8-6-15)17-9-11-20(12-10-17)18-13-21(14-18)19(2,3)4/h5-8,17-18H,9-14H2,1-4H3. The van der Waals surface area contributed by atoms with Crippen molar-refractivity contribution in [1.29, 1.82) is 0 Å². The maximum atomic E-state index is 2.73. The van der Waals surface area contributed by atoms with Crippen molar-refractivity contribution in [2.45, 2.75) is 58.0 Å². The van der Waals surface area contributed by atoms with E-state index in [0.29, 0.717) is 5.54 Å². The second kappa shape index (κ2) is 5.73. The Hall–Kier alpha value is -0.860. The maximum absolute atomic E-state index is 2.73. The number of piperidine rings is 1. The molecule has 0 radical (unpaired) electrons. The van der Waals surface area contributed by atoms with E-state index in [0.717, 1.165) is 12.0 Å². The zero-order chi connectivity index (χ0) is 15.0. The van der Waals surface area contributed by atoms with Crippen LogP contribution in [0.5, 0.6) is 0 Å². The van der Waals surface area contributed by atoms with Gasteiger partial charge >= 0.3 is 0 Å². The Morgan fingerprint density at radius 2 is 1.52 bits per heavy atom. The van der Waals surface area contributed by atoms with Gasteiger partial charge in [-0.3, -0.25) is 9.80 Å². The quantitative estimate of drug-likeness (QED) is 0.818. The minimum absolute atomic E-state index is 0.344. The summed E-state index contributed by atoms with van der Waals surface area (Å²) in [5.41, 5.74) is 3.26. The van der Waals surface area contributed by atoms with Crippen molar-refractivity contribution in [3.05, 3.63) is 35.4 Å². The van der Waals surface area contributed by atoms with Gasteiger partial charge in [0.1, 0.15) is 0 Å². The minimum atomic E-state index is 0.344. The Balaban J connectivity index is 1.49. The molecule has 0 bridgehead atoms. The van der Waals surface area contributed by atoms with Crippen LogP contribution in [0.3, 0.4) is 0 Å². The molecule has 0 aromatic heterocycles. The van der Waals surface area contributed by atoms with Gasteiger partial charge in [0.05, 0.1) is 0 Å². The van der Waals surface area contributed by atoms with Gasteiger partial charge in [-0.15, -0.1) is 0 Å². The predicted octanol–water partition coefficient (Wildman–Crippen LogP) is 3.66. The highest BCUT2D eigenvalue weighted by Gasteiger charge is 2.38. The van der Waals surface area contributed by atoms with Gasteiger partial charge in [0, 0.05) is 24.7 Å². The molecule has 0 saturated carbocycles. The molecule has 116 valence electrons. The van der Waals surface area contributed by atoms with Crippen molar-refractivity contribution in [3.63, 3.8) is 0 Å². The monoisotopic (exact) mass is 286 g/mol. The van der Waals surface area contributed by atoms with Crippen LogP contribution in [0.4, 0.5) is 0 Å². The lowest BCUT2D eigenvalue weighted by atomic mass is 9.87. The van der Waals surface area contributed by atoms with Gasteiger partial charge in [0.25, 0.3) is 0 Å². The molecule has 3 rings (SSSR count). The number of rotatable bonds is 2. The average Bonchev–Trinajstić information content (AvgIpc) is 2.37. The van der Waals surface area contributed by atoms with Crippen molar-refractivity contribution >= 4 is 0 Å². The zero-order valence-corrected chi connectivity index (χ0v) is 14.1. The summed E-state index contributed by atoms with van der Waals surface area (Å²) in [6.07, 6.45) is 2.66. The van der Waals surface area contributed by atoms with Crippen LogP contribution >= 0.6 is 0 Å². The second-order valence-corrected chi connectivity index (χ2v) is 7.95. The number of nitrogens with zero attached hydrogens (tertiary/aromatic N) is 2. The van der Waals surface area contributed by atoms with Crippen LogP contribution in [0.25, 0.3) is 0 Å². The van der Waals surface area contributed by atoms with Crippen molar-refractivity contribution in [1.82, 2.24) is 9.80 Å². The molecule has 2 heteroatoms. The molecule has 0 atom stereocenters. The number of benzene rings is 1. The molecule has 0 spiro atoms. The third kappa shape index (κ3) is 3.32. The molecule has 2 heterocycles. The van der Waals surface area contributed by atoms with Crippen LogP contribution in [-0.4, -0.2) is 47.6 Å². The predicted molar refractivity (Wildman–Crippen MR) is 89.8 cm³/mol. The number of likely N-dealkylation sites (tertiary alicyclic amines) is 2. The highest BCUT2D eigenvalue weighted by atomic mass is 15.3. The van der Waals surface area contributed by atoms with E-state index in [1.54, 1.807) is 5.56 Å². The largest absolute Gasteiger partial charge is 0.298 e. The highest BCUT2D eigenvalue weighted by molar-refractivity contribution is 5.25. The fourth-order valence-corrected chi connectivity index (χ4v) is 3.67. The van der Waals surface area contributed by atoms with E-state index in [4.69, 9.17) is 0 Å². The summed E-state index contributed by atoms with van der Waals surface area (Å²) in [6, 6.07) is 9.99. The van der Waals surface area contributed by atoms with E-state index < -0.39 is 0 Å². The average molecular weight is 286 g/mol. The van der Waals surface area contributed by atoms with E-state index in [-0.39, 0.29) is 0 Å². The molecular weight excluding hydrogens is 256 g/mol. The van der Waals surface area contributed by atoms with E-state index >= 15 is 0 Å². The molecule has 21 heavy (non-hydrogen) atoms. The molecule has 0 amide bonds. The lowest BCUT2D eigenvalue weighted by molar-refractivity contribution is -0.0298. The first-order valence-electron chi connectivity index (χ1n) is 8.49. The van der Waals surface area contributed by atoms with Crippen LogP contribution in [0.2, 0.25) is 0 Å². The van der Waals surface area contributed by atoms with Gasteiger partial charge in [0.15, 0.2) is 0 Å². The van der Waals surface area contributed by atoms with Crippen molar-refractivity contribution in [3.8, 4) is 0 Å². The van der Waals surface area contributed by atoms with Gasteiger partial charge in [-0.2, -0.15) is 0 Å². The van der Waals surface area contributed by atoms with Gasteiger partial charge in [-0.05, 0) is 65.1 Å². The topological polar surface area (TPSA) is 6.48 Å². The first-order chi connectivity index (χ1) is 9.93. The SMILES string of the molecule is Cc1ccc(C2CCN(C3CN(C(C)(C)C)C3)CC2)cc1. The van der Waals surface area contributed by atoms with E-state index in [1.165, 1.54) is 44.6 Å². The Bertz CT molecular complexity index is 457. The summed E-state index contributed by atoms with van der Waals surface area (Å²) in [4.78, 5) is 5.33. The molecule has 1 aromatic rings. The Morgan fingerprint density at radius 1 is 0.952 bits per heavy atom. The van der Waals surface area contributed by atoms with Gasteiger partial charge in [0.2, 0.25) is 0 Å². The van der Waals surface area contributed by atoms with Crippen LogP contribution in [0, 0.1) is 6.92 Å². The molecule has 0 unspecified atom stereocenters. The third-order valence-corrected chi connectivity index (χ3v) is 5.41. The lowest BCUT2D eigenvalue weighted by Crippen LogP contribution is -2.65. The smallest absolute Gasteiger partial charge is 0.0350 e. The summed E-state index contributed by atoms with van der Waals surface area (Å²) in [7, 11) is 0. The zero-order valence-electron chi connectivity index (χ0n) is 14.1. The summed E-state index contributed by atoms with van der Waals surface area (Å²) < 4.78 is 0. The van der Waals surface area contributed by atoms with Crippen molar-refractivity contribution in [2.75, 3.05) is 26.2 Å². The number of aryl methyl sites for hydroxylation is 1. The highest BCUT2D eigenvalue weighted by Crippen LogP contribution is 2.32. The summed E-state index contributed by atoms with van der Waals surface area (Å²) in [6.45, 7) is 14.2. The Kier molecular flexibility index (Phi) is 4.11. The van der Waals surface area contributed by atoms with Gasteiger partial charge in [-0.1, -0.05) is 29.8 Å². The number of hydrogen-bond acceptors (Lipinski definition) is 2. The van der Waals surface area contributed by atoms with Crippen LogP contribution < -0.4 is 0 Å². The minimum Gasteiger partial charge on any atom is -0.298 e. The van der Waals surface area contributed by atoms with Crippen LogP contribution in [0.15, 0.2) is 24.3 Å². The lowest BCUT2D eigenvalue weighted by Gasteiger charge is -2.52. The molecule has 2 nitrogen and oxygen atoms in total. The van der Waals surface area contributed by atoms with E-state index in [2.05, 4.69) is 61.8 Å². The van der Waals surface area contributed by atoms with E-state index in [9.17, 15) is 0 Å². The summed E-state index contributed by atoms with van der Waals surface area (Å²) in [5.74, 6) is 0.778. The van der Waals surface area contributed by atoms with E-state index in [1.807, 2.05) is 0 Å². The number of hydrogen-bond donors (Lipinski definition) is 0. The van der Waals surface area contributed by atoms with Gasteiger partial charge < -0.3 is 0 Å². The Labute approximate surface area is 130 Å². The first-order valence-corrected chi connectivity index (χ1v) is 8.49. The summed E-state index contributed by atoms with van der Waals surface area (Å²) >= 11 is 0. The normalized spacial score (nSPS) is 23.2. The molecule has 2 aliphatic heterocycles. The third-order valence-electron chi connectivity index (χ3n) is 5.41. The molecular formula is C19H30N2. The second-order valence-electron chi connectivity index (χ2n) is 7.95. The fraction of sp³-hybridized carbons (Fsp3) is 0.684. The van der Waals surface area contributed by atoms with Crippen LogP contribution in [0.1, 0.15) is 50.7 Å². The first kappa shape index (κ1) is 15.1. The molecule has 0 N–H and O–H groups in total. The Morgan fingerprint density at radius 3 is 2.05 bits per heavy atom. The maximum Gasteiger partial charge on any atom is 0.0350 e. The van der Waals surface area contributed by atoms with Crippen LogP contribution in [-0.2, 0) is 0 Å². The molecule has 2 saturated heterocycles. The molecule has 1 aromatic carbocycles. The van der Waals surface area contributed by atoms with Crippen molar-refractivity contribution < 1.29 is 0 Å². The summed E-state index contributed by atoms with van der Waals surface area (Å²) in [5, 5.41) is 0. The molecule has 0 aliphatic carbocycles. The molecule has 2 fully saturated rings. The van der Waals surface area contributed by atoms with Gasteiger partial charge in [-0.25, -0.2) is 0 Å². The van der Waals surface area contributed by atoms with Crippen molar-refractivity contribution in [2.24, 2.45) is 0 Å². The molecule has 2 aliphatic rings. The fourth-order valence-electron chi connectivity index (χ4n) is 3.67.